The second kappa shape index (κ2) is 8.48. The van der Waals surface area contributed by atoms with Gasteiger partial charge in [-0.25, -0.2) is 0 Å². The molecule has 32 heavy (non-hydrogen) atoms. The van der Waals surface area contributed by atoms with Gasteiger partial charge in [-0.1, -0.05) is 66.7 Å². The Morgan fingerprint density at radius 3 is 2.78 bits per heavy atom. The summed E-state index contributed by atoms with van der Waals surface area (Å²) in [4.78, 5) is 13.8. The van der Waals surface area contributed by atoms with Crippen LogP contribution in [-0.2, 0) is 17.8 Å². The van der Waals surface area contributed by atoms with Gasteiger partial charge >= 0.3 is 0 Å². The zero-order chi connectivity index (χ0) is 22.2. The molecule has 0 bridgehead atoms. The van der Waals surface area contributed by atoms with Gasteiger partial charge in [0, 0.05) is 29.2 Å². The first-order valence-corrected chi connectivity index (χ1v) is 12.1. The average molecular weight is 459 g/mol. The van der Waals surface area contributed by atoms with Crippen LogP contribution in [0.25, 0.3) is 17.0 Å². The summed E-state index contributed by atoms with van der Waals surface area (Å²) in [5.74, 6) is -0.681. The molecule has 160 valence electrons. The lowest BCUT2D eigenvalue weighted by Crippen LogP contribution is -2.11. The fourth-order valence-corrected chi connectivity index (χ4v) is 5.95. The van der Waals surface area contributed by atoms with E-state index in [1.54, 1.807) is 0 Å². The number of ketones is 1. The van der Waals surface area contributed by atoms with Crippen LogP contribution in [0.1, 0.15) is 39.5 Å². The van der Waals surface area contributed by atoms with Crippen molar-refractivity contribution in [3.63, 3.8) is 0 Å². The molecule has 2 aromatic heterocycles. The Labute approximate surface area is 194 Å². The summed E-state index contributed by atoms with van der Waals surface area (Å²) in [5, 5.41) is 19.7. The van der Waals surface area contributed by atoms with Gasteiger partial charge in [-0.3, -0.25) is 10.2 Å². The van der Waals surface area contributed by atoms with Crippen molar-refractivity contribution in [2.24, 2.45) is 0 Å². The maximum Gasteiger partial charge on any atom is 0.186 e. The molecule has 0 amide bonds. The number of aryl methyl sites for hydroxylation is 2. The van der Waals surface area contributed by atoms with Crippen LogP contribution in [-0.4, -0.2) is 25.6 Å². The van der Waals surface area contributed by atoms with E-state index in [0.29, 0.717) is 15.0 Å². The van der Waals surface area contributed by atoms with Gasteiger partial charge in [-0.2, -0.15) is 0 Å². The van der Waals surface area contributed by atoms with Crippen molar-refractivity contribution in [3.8, 4) is 0 Å². The van der Waals surface area contributed by atoms with Crippen molar-refractivity contribution in [2.75, 3.05) is 0 Å². The number of carbonyl (C=O) groups excluding carboxylic acids is 1. The monoisotopic (exact) mass is 458 g/mol. The highest BCUT2D eigenvalue weighted by molar-refractivity contribution is 8.19. The second-order valence-electron chi connectivity index (χ2n) is 7.88. The predicted octanol–water partition coefficient (Wildman–Crippen LogP) is 5.83. The van der Waals surface area contributed by atoms with Gasteiger partial charge in [0.15, 0.2) is 5.78 Å². The molecule has 1 saturated heterocycles. The molecule has 2 aromatic carbocycles. The lowest BCUT2D eigenvalue weighted by molar-refractivity contribution is -0.114. The summed E-state index contributed by atoms with van der Waals surface area (Å²) in [5.41, 5.74) is 4.59. The summed E-state index contributed by atoms with van der Waals surface area (Å²) < 4.78 is 2.22. The molecule has 5 nitrogen and oxygen atoms in total. The first-order chi connectivity index (χ1) is 15.5. The minimum atomic E-state index is -0.621. The van der Waals surface area contributed by atoms with E-state index in [1.807, 2.05) is 25.1 Å². The molecular formula is C25H22N4OS2. The van der Waals surface area contributed by atoms with Gasteiger partial charge in [0.2, 0.25) is 0 Å². The van der Waals surface area contributed by atoms with Crippen molar-refractivity contribution >= 4 is 50.9 Å². The SMILES string of the molecule is CCc1nnc([C@@H]2C(=N)S/C(=C\c3cn(Cc4cccc(C)c4)c4ccccc34)C2=O)s1. The van der Waals surface area contributed by atoms with Crippen molar-refractivity contribution in [1.82, 2.24) is 14.8 Å². The number of carbonyl (C=O) groups is 1. The van der Waals surface area contributed by atoms with E-state index in [-0.39, 0.29) is 5.78 Å². The average Bonchev–Trinajstić information content (AvgIpc) is 3.46. The Balaban J connectivity index is 1.51. The van der Waals surface area contributed by atoms with Crippen molar-refractivity contribution in [1.29, 1.82) is 5.41 Å². The Bertz CT molecular complexity index is 1380. The lowest BCUT2D eigenvalue weighted by Gasteiger charge is -2.06. The molecule has 1 aliphatic heterocycles. The van der Waals surface area contributed by atoms with E-state index in [9.17, 15) is 4.79 Å². The molecule has 0 aliphatic carbocycles. The fraction of sp³-hybridized carbons (Fsp3) is 0.200. The number of fused-ring (bicyclic) bond motifs is 1. The molecule has 5 rings (SSSR count). The third-order valence-electron chi connectivity index (χ3n) is 5.56. The van der Waals surface area contributed by atoms with E-state index in [0.717, 1.165) is 34.4 Å². The Hall–Kier alpha value is -3.03. The van der Waals surface area contributed by atoms with E-state index in [2.05, 4.69) is 64.3 Å². The maximum atomic E-state index is 13.2. The van der Waals surface area contributed by atoms with Gasteiger partial charge in [0.25, 0.3) is 0 Å². The van der Waals surface area contributed by atoms with Crippen LogP contribution < -0.4 is 0 Å². The van der Waals surface area contributed by atoms with Crippen LogP contribution >= 0.6 is 23.1 Å². The summed E-state index contributed by atoms with van der Waals surface area (Å²) >= 11 is 2.66. The van der Waals surface area contributed by atoms with Crippen LogP contribution in [0.5, 0.6) is 0 Å². The standard InChI is InChI=1S/C25H22N4OS2/c1-3-21-27-28-25(32-21)22-23(30)20(31-24(22)26)12-17-14-29(19-10-5-4-9-18(17)19)13-16-8-6-7-15(2)11-16/h4-12,14,22,26H,3,13H2,1-2H3/b20-12-,26-24?/t22-/m0/s1. The van der Waals surface area contributed by atoms with Crippen LogP contribution in [0.2, 0.25) is 0 Å². The molecule has 1 fully saturated rings. The molecule has 0 saturated carbocycles. The molecule has 0 spiro atoms. The smallest absolute Gasteiger partial charge is 0.186 e. The molecule has 0 radical (unpaired) electrons. The zero-order valence-corrected chi connectivity index (χ0v) is 19.5. The number of benzene rings is 2. The largest absolute Gasteiger partial charge is 0.342 e. The summed E-state index contributed by atoms with van der Waals surface area (Å²) in [6.07, 6.45) is 4.81. The highest BCUT2D eigenvalue weighted by Gasteiger charge is 2.39. The molecule has 3 heterocycles. The van der Waals surface area contributed by atoms with Crippen LogP contribution in [0, 0.1) is 12.3 Å². The summed E-state index contributed by atoms with van der Waals surface area (Å²) in [7, 11) is 0. The van der Waals surface area contributed by atoms with Crippen molar-refractivity contribution < 1.29 is 4.79 Å². The minimum Gasteiger partial charge on any atom is -0.342 e. The van der Waals surface area contributed by atoms with E-state index >= 15 is 0 Å². The van der Waals surface area contributed by atoms with E-state index in [1.165, 1.54) is 34.2 Å². The highest BCUT2D eigenvalue weighted by atomic mass is 32.2. The maximum absolute atomic E-state index is 13.2. The van der Waals surface area contributed by atoms with Gasteiger partial charge in [0.05, 0.1) is 9.95 Å². The van der Waals surface area contributed by atoms with Gasteiger partial charge in [-0.15, -0.1) is 21.5 Å². The molecule has 1 atom stereocenters. The molecule has 7 heteroatoms. The zero-order valence-electron chi connectivity index (χ0n) is 17.8. The van der Waals surface area contributed by atoms with Gasteiger partial charge in [-0.05, 0) is 31.1 Å². The first-order valence-electron chi connectivity index (χ1n) is 10.5. The number of allylic oxidation sites excluding steroid dienone is 1. The van der Waals surface area contributed by atoms with E-state index in [4.69, 9.17) is 5.41 Å². The third-order valence-corrected chi connectivity index (χ3v) is 7.69. The molecule has 4 aromatic rings. The van der Waals surface area contributed by atoms with Crippen LogP contribution in [0.3, 0.4) is 0 Å². The topological polar surface area (TPSA) is 71.6 Å². The van der Waals surface area contributed by atoms with Crippen molar-refractivity contribution in [3.05, 3.63) is 86.3 Å². The van der Waals surface area contributed by atoms with Crippen molar-refractivity contribution in [2.45, 2.75) is 32.7 Å². The second-order valence-corrected chi connectivity index (χ2v) is 10.1. The fourth-order valence-electron chi connectivity index (χ4n) is 4.01. The number of rotatable bonds is 5. The van der Waals surface area contributed by atoms with Crippen LogP contribution in [0.4, 0.5) is 0 Å². The molecule has 1 N–H and O–H groups in total. The number of nitrogens with zero attached hydrogens (tertiary/aromatic N) is 3. The van der Waals surface area contributed by atoms with Crippen LogP contribution in [0.15, 0.2) is 59.6 Å². The normalized spacial score (nSPS) is 17.7. The minimum absolute atomic E-state index is 0.0608. The molecule has 0 unspecified atom stereocenters. The lowest BCUT2D eigenvalue weighted by atomic mass is 10.0. The highest BCUT2D eigenvalue weighted by Crippen LogP contribution is 2.42. The number of Topliss-reactive ketones (excluding diaryl/α,β-unsaturated/α-hetero) is 1. The molecule has 1 aliphatic rings. The summed E-state index contributed by atoms with van der Waals surface area (Å²) in [6.45, 7) is 4.87. The number of hydrogen-bond donors (Lipinski definition) is 1. The summed E-state index contributed by atoms with van der Waals surface area (Å²) in [6, 6.07) is 16.8. The quantitative estimate of drug-likeness (QED) is 0.382. The Morgan fingerprint density at radius 2 is 2.00 bits per heavy atom. The van der Waals surface area contributed by atoms with Gasteiger partial charge in [0.1, 0.15) is 15.9 Å². The number of hydrogen-bond acceptors (Lipinski definition) is 6. The first kappa shape index (κ1) is 20.8. The Morgan fingerprint density at radius 1 is 1.16 bits per heavy atom. The number of thioether (sulfide) groups is 1. The Kier molecular flexibility index (Phi) is 5.53. The van der Waals surface area contributed by atoms with E-state index < -0.39 is 5.92 Å². The number of nitrogens with one attached hydrogen (secondary N) is 1. The predicted molar refractivity (Wildman–Crippen MR) is 133 cm³/mol. The number of aromatic nitrogens is 3. The molecular weight excluding hydrogens is 436 g/mol. The van der Waals surface area contributed by atoms with Gasteiger partial charge < -0.3 is 4.57 Å². The number of para-hydroxylation sites is 1. The third kappa shape index (κ3) is 3.82.